The van der Waals surface area contributed by atoms with Crippen LogP contribution >= 0.6 is 0 Å². The Morgan fingerprint density at radius 1 is 0.927 bits per heavy atom. The highest BCUT2D eigenvalue weighted by Crippen LogP contribution is 2.39. The van der Waals surface area contributed by atoms with Crippen LogP contribution in [-0.2, 0) is 0 Å². The number of carbonyl (C=O) groups excluding carboxylic acids is 1. The van der Waals surface area contributed by atoms with Crippen molar-refractivity contribution in [2.24, 2.45) is 11.7 Å². The summed E-state index contributed by atoms with van der Waals surface area (Å²) in [7, 11) is 0. The molecule has 6 heteroatoms. The van der Waals surface area contributed by atoms with Gasteiger partial charge in [0.2, 0.25) is 0 Å². The normalized spacial score (nSPS) is 17.3. The molecule has 0 radical (unpaired) electrons. The third kappa shape index (κ3) is 4.41. The Kier molecular flexibility index (Phi) is 6.40. The third-order valence-corrected chi connectivity index (χ3v) is 8.61. The summed E-state index contributed by atoms with van der Waals surface area (Å²) in [6.07, 6.45) is 6.08. The molecule has 1 aliphatic rings. The number of aliphatic hydroxyl groups is 1. The average molecular weight is 541 g/mol. The van der Waals surface area contributed by atoms with Crippen molar-refractivity contribution < 1.29 is 9.90 Å². The largest absolute Gasteiger partial charge is 0.396 e. The van der Waals surface area contributed by atoms with Crippen LogP contribution in [-0.4, -0.2) is 33.2 Å². The van der Waals surface area contributed by atoms with Crippen molar-refractivity contribution >= 4 is 44.3 Å². The van der Waals surface area contributed by atoms with E-state index in [0.29, 0.717) is 11.3 Å². The van der Waals surface area contributed by atoms with E-state index in [1.165, 1.54) is 0 Å². The van der Waals surface area contributed by atoms with Crippen molar-refractivity contribution in [2.45, 2.75) is 31.7 Å². The molecule has 0 bridgehead atoms. The summed E-state index contributed by atoms with van der Waals surface area (Å²) in [6, 6.07) is 31.1. The fourth-order valence-corrected chi connectivity index (χ4v) is 6.58. The van der Waals surface area contributed by atoms with Crippen molar-refractivity contribution in [2.75, 3.05) is 11.9 Å². The second-order valence-electron chi connectivity index (χ2n) is 11.0. The lowest BCUT2D eigenvalue weighted by Crippen LogP contribution is -2.35. The number of aromatic nitrogens is 2. The zero-order valence-corrected chi connectivity index (χ0v) is 22.8. The Bertz CT molecular complexity index is 1930. The quantitative estimate of drug-likeness (QED) is 0.211. The van der Waals surface area contributed by atoms with Gasteiger partial charge in [-0.3, -0.25) is 9.78 Å². The van der Waals surface area contributed by atoms with Gasteiger partial charge in [-0.2, -0.15) is 0 Å². The number of para-hydroxylation sites is 2. The van der Waals surface area contributed by atoms with Gasteiger partial charge in [0.05, 0.1) is 22.1 Å². The number of nitrogens with zero attached hydrogens (tertiary/aromatic N) is 2. The number of benzene rings is 4. The van der Waals surface area contributed by atoms with E-state index in [1.807, 2.05) is 42.6 Å². The molecule has 4 aromatic carbocycles. The van der Waals surface area contributed by atoms with E-state index in [0.717, 1.165) is 75.2 Å². The molecule has 1 saturated carbocycles. The molecule has 4 N–H and O–H groups in total. The first-order chi connectivity index (χ1) is 20.1. The lowest BCUT2D eigenvalue weighted by Gasteiger charge is -2.32. The fourth-order valence-electron chi connectivity index (χ4n) is 6.58. The van der Waals surface area contributed by atoms with Gasteiger partial charge in [0.25, 0.3) is 5.91 Å². The molecule has 6 aromatic rings. The van der Waals surface area contributed by atoms with Gasteiger partial charge in [-0.25, -0.2) is 0 Å². The second-order valence-corrected chi connectivity index (χ2v) is 11.0. The van der Waals surface area contributed by atoms with E-state index >= 15 is 0 Å². The molecule has 7 rings (SSSR count). The maximum absolute atomic E-state index is 12.5. The van der Waals surface area contributed by atoms with E-state index < -0.39 is 5.91 Å². The van der Waals surface area contributed by atoms with Gasteiger partial charge in [0.15, 0.2) is 0 Å². The van der Waals surface area contributed by atoms with Gasteiger partial charge in [0.1, 0.15) is 0 Å². The molecular weight excluding hydrogens is 508 g/mol. The fraction of sp³-hybridized carbons (Fsp3) is 0.200. The van der Waals surface area contributed by atoms with E-state index in [-0.39, 0.29) is 18.6 Å². The Hall–Kier alpha value is -4.68. The Labute approximate surface area is 238 Å². The molecule has 2 atom stereocenters. The van der Waals surface area contributed by atoms with Gasteiger partial charge < -0.3 is 20.7 Å². The van der Waals surface area contributed by atoms with Crippen LogP contribution in [0.5, 0.6) is 0 Å². The average Bonchev–Trinajstić information content (AvgIpc) is 3.35. The van der Waals surface area contributed by atoms with E-state index in [9.17, 15) is 9.90 Å². The molecule has 41 heavy (non-hydrogen) atoms. The van der Waals surface area contributed by atoms with Crippen LogP contribution in [0, 0.1) is 5.92 Å². The number of carbonyl (C=O) groups is 1. The first-order valence-electron chi connectivity index (χ1n) is 14.3. The molecular formula is C35H32N4O2. The van der Waals surface area contributed by atoms with Crippen LogP contribution < -0.4 is 11.1 Å². The van der Waals surface area contributed by atoms with Crippen LogP contribution in [0.15, 0.2) is 97.2 Å². The molecule has 0 aliphatic heterocycles. The molecule has 1 amide bonds. The maximum Gasteiger partial charge on any atom is 0.250 e. The summed E-state index contributed by atoms with van der Waals surface area (Å²) in [5, 5.41) is 17.0. The molecule has 1 fully saturated rings. The molecule has 0 saturated heterocycles. The second kappa shape index (κ2) is 10.4. The molecule has 204 valence electrons. The number of amides is 1. The summed E-state index contributed by atoms with van der Waals surface area (Å²) in [6.45, 7) is 0.128. The number of pyridine rings is 1. The van der Waals surface area contributed by atoms with E-state index in [4.69, 9.17) is 10.7 Å². The number of anilines is 1. The minimum absolute atomic E-state index is 0.0901. The lowest BCUT2D eigenvalue weighted by molar-refractivity contribution is 0.100. The monoisotopic (exact) mass is 540 g/mol. The zero-order valence-electron chi connectivity index (χ0n) is 22.8. The van der Waals surface area contributed by atoms with E-state index in [2.05, 4.69) is 64.5 Å². The summed E-state index contributed by atoms with van der Waals surface area (Å²) >= 11 is 0. The van der Waals surface area contributed by atoms with Crippen LogP contribution in [0.3, 0.4) is 0 Å². The van der Waals surface area contributed by atoms with Crippen LogP contribution in [0.25, 0.3) is 49.5 Å². The molecule has 1 aliphatic carbocycles. The van der Waals surface area contributed by atoms with E-state index in [1.54, 1.807) is 0 Å². The lowest BCUT2D eigenvalue weighted by atomic mass is 9.85. The smallest absolute Gasteiger partial charge is 0.250 e. The van der Waals surface area contributed by atoms with Crippen molar-refractivity contribution in [3.05, 3.63) is 103 Å². The Morgan fingerprint density at radius 2 is 1.73 bits per heavy atom. The predicted molar refractivity (Wildman–Crippen MR) is 166 cm³/mol. The minimum atomic E-state index is -0.469. The summed E-state index contributed by atoms with van der Waals surface area (Å²) in [4.78, 5) is 17.2. The molecule has 2 aromatic heterocycles. The topological polar surface area (TPSA) is 93.2 Å². The number of nitrogens with one attached hydrogen (secondary N) is 1. The first-order valence-corrected chi connectivity index (χ1v) is 14.3. The number of nitrogens with two attached hydrogens (primary N) is 1. The SMILES string of the molecule is NC(=O)c1ccc(-n2c3ccccc3c3c(-c4cnc5ccccc5c4)cccc32)cc1NC1CCCC[C@@H]1CO. The standard InChI is InChI=1S/C35H32N4O2/c36-35(41)27-17-16-25(19-31(27)38-30-13-5-2-9-23(30)21-40)39-32-14-6-3-10-28(32)34-26(11-7-15-33(34)39)24-18-22-8-1-4-12-29(22)37-20-24/h1,3-4,6-8,10-12,14-20,23,30,38,40H,2,5,9,13,21H2,(H2,36,41)/t23-,30?/m1/s1. The first kappa shape index (κ1) is 25.3. The number of aliphatic hydroxyl groups excluding tert-OH is 1. The minimum Gasteiger partial charge on any atom is -0.396 e. The number of fused-ring (bicyclic) bond motifs is 4. The van der Waals surface area contributed by atoms with Crippen LogP contribution in [0.2, 0.25) is 0 Å². The van der Waals surface area contributed by atoms with Crippen LogP contribution in [0.4, 0.5) is 5.69 Å². The van der Waals surface area contributed by atoms with Crippen molar-refractivity contribution in [1.29, 1.82) is 0 Å². The molecule has 1 unspecified atom stereocenters. The summed E-state index contributed by atoms with van der Waals surface area (Å²) in [5.74, 6) is -0.316. The molecule has 2 heterocycles. The highest BCUT2D eigenvalue weighted by Gasteiger charge is 2.26. The number of primary amides is 1. The molecule has 6 nitrogen and oxygen atoms in total. The highest BCUT2D eigenvalue weighted by atomic mass is 16.3. The van der Waals surface area contributed by atoms with Crippen molar-refractivity contribution in [1.82, 2.24) is 9.55 Å². The maximum atomic E-state index is 12.5. The van der Waals surface area contributed by atoms with Gasteiger partial charge in [-0.1, -0.05) is 61.4 Å². The van der Waals surface area contributed by atoms with Crippen molar-refractivity contribution in [3.8, 4) is 16.8 Å². The van der Waals surface area contributed by atoms with Crippen molar-refractivity contribution in [3.63, 3.8) is 0 Å². The van der Waals surface area contributed by atoms with Gasteiger partial charge >= 0.3 is 0 Å². The third-order valence-electron chi connectivity index (χ3n) is 8.61. The summed E-state index contributed by atoms with van der Waals surface area (Å²) in [5.41, 5.74) is 13.2. The zero-order chi connectivity index (χ0) is 27.9. The van der Waals surface area contributed by atoms with Crippen LogP contribution in [0.1, 0.15) is 36.0 Å². The van der Waals surface area contributed by atoms with Gasteiger partial charge in [0, 0.05) is 57.9 Å². The number of rotatable bonds is 6. The summed E-state index contributed by atoms with van der Waals surface area (Å²) < 4.78 is 2.25. The molecule has 0 spiro atoms. The highest BCUT2D eigenvalue weighted by molar-refractivity contribution is 6.16. The van der Waals surface area contributed by atoms with Gasteiger partial charge in [-0.05, 0) is 60.9 Å². The Balaban J connectivity index is 1.42. The number of hydrogen-bond donors (Lipinski definition) is 3. The Morgan fingerprint density at radius 3 is 2.61 bits per heavy atom. The predicted octanol–water partition coefficient (Wildman–Crippen LogP) is 7.06. The number of hydrogen-bond acceptors (Lipinski definition) is 4. The van der Waals surface area contributed by atoms with Gasteiger partial charge in [-0.15, -0.1) is 0 Å².